The Labute approximate surface area is 165 Å². The fraction of sp³-hybridized carbons (Fsp3) is 0.250. The van der Waals surface area contributed by atoms with Gasteiger partial charge in [0.15, 0.2) is 4.80 Å². The second-order valence-corrected chi connectivity index (χ2v) is 6.74. The number of ether oxygens (including phenoxy) is 3. The Hall–Kier alpha value is -3.13. The van der Waals surface area contributed by atoms with Crippen LogP contribution in [-0.2, 0) is 16.1 Å². The first kappa shape index (κ1) is 19.6. The van der Waals surface area contributed by atoms with Crippen molar-refractivity contribution in [1.82, 2.24) is 4.57 Å². The molecular formula is C20H20N2O5S. The van der Waals surface area contributed by atoms with E-state index in [0.717, 1.165) is 10.2 Å². The number of thiazole rings is 1. The van der Waals surface area contributed by atoms with Gasteiger partial charge in [0.1, 0.15) is 18.0 Å². The zero-order valence-corrected chi connectivity index (χ0v) is 16.6. The van der Waals surface area contributed by atoms with Gasteiger partial charge in [-0.3, -0.25) is 9.59 Å². The highest BCUT2D eigenvalue weighted by Gasteiger charge is 2.15. The molecule has 146 valence electrons. The van der Waals surface area contributed by atoms with Gasteiger partial charge in [-0.15, -0.1) is 0 Å². The van der Waals surface area contributed by atoms with Crippen molar-refractivity contribution in [3.8, 4) is 11.5 Å². The van der Waals surface area contributed by atoms with Gasteiger partial charge in [0.25, 0.3) is 5.91 Å². The summed E-state index contributed by atoms with van der Waals surface area (Å²) in [5, 5.41) is 0. The zero-order chi connectivity index (χ0) is 20.1. The molecule has 0 atom stereocenters. The minimum absolute atomic E-state index is 0.0434. The number of carbonyl (C=O) groups is 2. The molecule has 7 nitrogen and oxygen atoms in total. The van der Waals surface area contributed by atoms with Crippen molar-refractivity contribution in [3.63, 3.8) is 0 Å². The van der Waals surface area contributed by atoms with Gasteiger partial charge in [-0.05, 0) is 37.3 Å². The molecule has 8 heteroatoms. The number of para-hydroxylation sites is 1. The van der Waals surface area contributed by atoms with Crippen LogP contribution >= 0.6 is 11.3 Å². The summed E-state index contributed by atoms with van der Waals surface area (Å²) >= 11 is 1.30. The molecular weight excluding hydrogens is 380 g/mol. The number of hydrogen-bond acceptors (Lipinski definition) is 6. The van der Waals surface area contributed by atoms with E-state index in [0.29, 0.717) is 21.9 Å². The fourth-order valence-electron chi connectivity index (χ4n) is 2.72. The van der Waals surface area contributed by atoms with Crippen LogP contribution < -0.4 is 14.3 Å². The zero-order valence-electron chi connectivity index (χ0n) is 15.8. The Bertz CT molecular complexity index is 1080. The molecule has 0 saturated carbocycles. The monoisotopic (exact) mass is 400 g/mol. The first-order valence-corrected chi connectivity index (χ1v) is 9.44. The van der Waals surface area contributed by atoms with Crippen LogP contribution in [0.1, 0.15) is 17.3 Å². The number of methoxy groups -OCH3 is 2. The van der Waals surface area contributed by atoms with E-state index in [9.17, 15) is 9.59 Å². The van der Waals surface area contributed by atoms with Crippen molar-refractivity contribution < 1.29 is 23.8 Å². The molecule has 0 radical (unpaired) electrons. The summed E-state index contributed by atoms with van der Waals surface area (Å²) in [7, 11) is 3.08. The smallest absolute Gasteiger partial charge is 0.326 e. The molecule has 0 saturated heterocycles. The second kappa shape index (κ2) is 8.71. The number of benzene rings is 2. The molecule has 28 heavy (non-hydrogen) atoms. The summed E-state index contributed by atoms with van der Waals surface area (Å²) in [6.45, 7) is 1.98. The van der Waals surface area contributed by atoms with E-state index in [1.54, 1.807) is 48.9 Å². The van der Waals surface area contributed by atoms with Crippen LogP contribution in [0.4, 0.5) is 0 Å². The SMILES string of the molecule is CCOC(=O)Cn1c(=NC(=O)c2ccccc2OC)sc2cc(OC)ccc21. The molecule has 3 aromatic rings. The van der Waals surface area contributed by atoms with E-state index in [1.165, 1.54) is 18.4 Å². The lowest BCUT2D eigenvalue weighted by Crippen LogP contribution is -2.23. The van der Waals surface area contributed by atoms with E-state index in [4.69, 9.17) is 14.2 Å². The largest absolute Gasteiger partial charge is 0.497 e. The molecule has 0 aliphatic rings. The van der Waals surface area contributed by atoms with Crippen molar-refractivity contribution in [2.24, 2.45) is 4.99 Å². The summed E-state index contributed by atoms with van der Waals surface area (Å²) in [5.74, 6) is 0.272. The molecule has 0 aliphatic carbocycles. The third-order valence-corrected chi connectivity index (χ3v) is 5.06. The molecule has 0 spiro atoms. The molecule has 1 heterocycles. The van der Waals surface area contributed by atoms with Crippen molar-refractivity contribution in [1.29, 1.82) is 0 Å². The van der Waals surface area contributed by atoms with E-state index < -0.39 is 11.9 Å². The predicted molar refractivity (Wildman–Crippen MR) is 106 cm³/mol. The maximum atomic E-state index is 12.8. The Morgan fingerprint density at radius 3 is 2.61 bits per heavy atom. The highest BCUT2D eigenvalue weighted by atomic mass is 32.1. The highest BCUT2D eigenvalue weighted by molar-refractivity contribution is 7.16. The average molecular weight is 400 g/mol. The molecule has 0 fully saturated rings. The minimum atomic E-state index is -0.450. The summed E-state index contributed by atoms with van der Waals surface area (Å²) in [5.41, 5.74) is 1.12. The van der Waals surface area contributed by atoms with Crippen LogP contribution in [-0.4, -0.2) is 37.3 Å². The maximum absolute atomic E-state index is 12.8. The van der Waals surface area contributed by atoms with E-state index in [2.05, 4.69) is 4.99 Å². The lowest BCUT2D eigenvalue weighted by atomic mass is 10.2. The lowest BCUT2D eigenvalue weighted by molar-refractivity contribution is -0.143. The van der Waals surface area contributed by atoms with Gasteiger partial charge >= 0.3 is 5.97 Å². The quantitative estimate of drug-likeness (QED) is 0.594. The Morgan fingerprint density at radius 1 is 1.11 bits per heavy atom. The number of rotatable bonds is 6. The average Bonchev–Trinajstić information content (AvgIpc) is 3.04. The molecule has 0 bridgehead atoms. The summed E-state index contributed by atoms with van der Waals surface area (Å²) in [6, 6.07) is 12.3. The standard InChI is InChI=1S/C20H20N2O5S/c1-4-27-18(23)12-22-15-10-9-13(25-2)11-17(15)28-20(22)21-19(24)14-7-5-6-8-16(14)26-3/h5-11H,4,12H2,1-3H3. The van der Waals surface area contributed by atoms with Crippen LogP contribution in [0, 0.1) is 0 Å². The number of esters is 1. The summed E-state index contributed by atoms with van der Waals surface area (Å²) < 4.78 is 18.1. The molecule has 1 aromatic heterocycles. The molecule has 0 N–H and O–H groups in total. The molecule has 2 aromatic carbocycles. The fourth-order valence-corrected chi connectivity index (χ4v) is 3.78. The van der Waals surface area contributed by atoms with Gasteiger partial charge in [-0.1, -0.05) is 23.5 Å². The van der Waals surface area contributed by atoms with Crippen molar-refractivity contribution in [2.45, 2.75) is 13.5 Å². The third kappa shape index (κ3) is 4.07. The van der Waals surface area contributed by atoms with Crippen LogP contribution in [0.5, 0.6) is 11.5 Å². The van der Waals surface area contributed by atoms with Crippen molar-refractivity contribution in [3.05, 3.63) is 52.8 Å². The molecule has 0 aliphatic heterocycles. The normalized spacial score (nSPS) is 11.5. The van der Waals surface area contributed by atoms with Crippen LogP contribution in [0.2, 0.25) is 0 Å². The van der Waals surface area contributed by atoms with E-state index >= 15 is 0 Å². The van der Waals surface area contributed by atoms with Crippen LogP contribution in [0.15, 0.2) is 47.5 Å². The third-order valence-electron chi connectivity index (χ3n) is 4.02. The highest BCUT2D eigenvalue weighted by Crippen LogP contribution is 2.24. The minimum Gasteiger partial charge on any atom is -0.497 e. The summed E-state index contributed by atoms with van der Waals surface area (Å²) in [6.07, 6.45) is 0. The second-order valence-electron chi connectivity index (χ2n) is 5.73. The van der Waals surface area contributed by atoms with Gasteiger partial charge < -0.3 is 18.8 Å². The number of aromatic nitrogens is 1. The number of fused-ring (bicyclic) bond motifs is 1. The van der Waals surface area contributed by atoms with Crippen molar-refractivity contribution >= 4 is 33.4 Å². The van der Waals surface area contributed by atoms with Gasteiger partial charge in [0.2, 0.25) is 0 Å². The van der Waals surface area contributed by atoms with E-state index in [1.807, 2.05) is 12.1 Å². The Kier molecular flexibility index (Phi) is 6.10. The molecule has 1 amide bonds. The number of hydrogen-bond donors (Lipinski definition) is 0. The van der Waals surface area contributed by atoms with Gasteiger partial charge in [0, 0.05) is 0 Å². The first-order valence-electron chi connectivity index (χ1n) is 8.62. The number of carbonyl (C=O) groups excluding carboxylic acids is 2. The van der Waals surface area contributed by atoms with Gasteiger partial charge in [-0.25, -0.2) is 0 Å². The van der Waals surface area contributed by atoms with Crippen molar-refractivity contribution in [2.75, 3.05) is 20.8 Å². The van der Waals surface area contributed by atoms with E-state index in [-0.39, 0.29) is 13.2 Å². The number of amides is 1. The van der Waals surface area contributed by atoms with Gasteiger partial charge in [-0.2, -0.15) is 4.99 Å². The van der Waals surface area contributed by atoms with Gasteiger partial charge in [0.05, 0.1) is 36.6 Å². The Balaban J connectivity index is 2.13. The Morgan fingerprint density at radius 2 is 1.89 bits per heavy atom. The summed E-state index contributed by atoms with van der Waals surface area (Å²) in [4.78, 5) is 29.5. The molecule has 0 unspecified atom stereocenters. The maximum Gasteiger partial charge on any atom is 0.326 e. The molecule has 3 rings (SSSR count). The predicted octanol–water partition coefficient (Wildman–Crippen LogP) is 3.02. The lowest BCUT2D eigenvalue weighted by Gasteiger charge is -2.06. The number of nitrogens with zero attached hydrogens (tertiary/aromatic N) is 2. The van der Waals surface area contributed by atoms with Crippen LogP contribution in [0.3, 0.4) is 0 Å². The van der Waals surface area contributed by atoms with Crippen LogP contribution in [0.25, 0.3) is 10.2 Å². The topological polar surface area (TPSA) is 79.1 Å². The first-order chi connectivity index (χ1) is 13.6.